The molecule has 1 saturated carbocycles. The minimum atomic E-state index is 0.0536. The van der Waals surface area contributed by atoms with Crippen molar-refractivity contribution in [3.05, 3.63) is 45.9 Å². The molecular formula is C21H28N4O2. The topological polar surface area (TPSA) is 50.6 Å². The van der Waals surface area contributed by atoms with Gasteiger partial charge in [0, 0.05) is 17.3 Å². The van der Waals surface area contributed by atoms with Crippen LogP contribution in [0.3, 0.4) is 0 Å². The smallest absolute Gasteiger partial charge is 0.259 e. The van der Waals surface area contributed by atoms with Gasteiger partial charge in [-0.1, -0.05) is 31.4 Å². The van der Waals surface area contributed by atoms with Gasteiger partial charge in [0.15, 0.2) is 0 Å². The fourth-order valence-corrected chi connectivity index (χ4v) is 4.26. The largest absolute Gasteiger partial charge is 0.495 e. The van der Waals surface area contributed by atoms with Crippen molar-refractivity contribution in [3.8, 4) is 5.75 Å². The van der Waals surface area contributed by atoms with Crippen molar-refractivity contribution in [2.24, 2.45) is 0 Å². The number of anilines is 2. The Morgan fingerprint density at radius 1 is 1.07 bits per heavy atom. The molecule has 4 rings (SSSR count). The van der Waals surface area contributed by atoms with Crippen LogP contribution >= 0.6 is 0 Å². The molecule has 0 N–H and O–H groups in total. The molecule has 6 heteroatoms. The van der Waals surface area contributed by atoms with Gasteiger partial charge in [0.1, 0.15) is 5.75 Å². The van der Waals surface area contributed by atoms with Crippen LogP contribution in [0.15, 0.2) is 29.1 Å². The molecule has 0 spiro atoms. The molecule has 1 aromatic carbocycles. The second-order valence-corrected chi connectivity index (χ2v) is 7.62. The van der Waals surface area contributed by atoms with E-state index < -0.39 is 0 Å². The van der Waals surface area contributed by atoms with Gasteiger partial charge in [0.25, 0.3) is 5.56 Å². The van der Waals surface area contributed by atoms with Crippen molar-refractivity contribution in [2.75, 3.05) is 18.7 Å². The summed E-state index contributed by atoms with van der Waals surface area (Å²) in [5, 5.41) is 0. The second-order valence-electron chi connectivity index (χ2n) is 7.62. The molecule has 1 aliphatic heterocycles. The van der Waals surface area contributed by atoms with Crippen molar-refractivity contribution in [2.45, 2.75) is 58.7 Å². The molecule has 0 bridgehead atoms. The first kappa shape index (κ1) is 18.0. The van der Waals surface area contributed by atoms with Crippen LogP contribution in [-0.2, 0) is 6.67 Å². The molecule has 27 heavy (non-hydrogen) atoms. The van der Waals surface area contributed by atoms with Crippen LogP contribution < -0.4 is 15.2 Å². The van der Waals surface area contributed by atoms with E-state index in [0.717, 1.165) is 29.4 Å². The molecule has 0 atom stereocenters. The minimum absolute atomic E-state index is 0.0536. The van der Waals surface area contributed by atoms with Crippen molar-refractivity contribution in [3.63, 3.8) is 0 Å². The summed E-state index contributed by atoms with van der Waals surface area (Å²) in [5.41, 5.74) is 2.52. The van der Waals surface area contributed by atoms with Gasteiger partial charge < -0.3 is 4.74 Å². The zero-order valence-corrected chi connectivity index (χ0v) is 16.4. The maximum absolute atomic E-state index is 13.0. The van der Waals surface area contributed by atoms with Crippen molar-refractivity contribution < 1.29 is 4.74 Å². The summed E-state index contributed by atoms with van der Waals surface area (Å²) in [4.78, 5) is 22.4. The number of aryl methyl sites for hydroxylation is 1. The van der Waals surface area contributed by atoms with E-state index in [1.807, 2.05) is 42.7 Å². The number of fused-ring (bicyclic) bond motifs is 1. The Kier molecular flexibility index (Phi) is 4.91. The number of hydrogen-bond acceptors (Lipinski definition) is 5. The van der Waals surface area contributed by atoms with Gasteiger partial charge in [0.2, 0.25) is 5.95 Å². The lowest BCUT2D eigenvalue weighted by Gasteiger charge is -2.43. The van der Waals surface area contributed by atoms with Crippen LogP contribution in [0.5, 0.6) is 5.75 Å². The summed E-state index contributed by atoms with van der Waals surface area (Å²) in [6.45, 7) is 5.11. The summed E-state index contributed by atoms with van der Waals surface area (Å²) in [5.74, 6) is 1.50. The molecule has 0 amide bonds. The summed E-state index contributed by atoms with van der Waals surface area (Å²) >= 11 is 0. The van der Waals surface area contributed by atoms with Gasteiger partial charge in [0.05, 0.1) is 26.1 Å². The van der Waals surface area contributed by atoms with Crippen LogP contribution in [0.1, 0.15) is 43.4 Å². The summed E-state index contributed by atoms with van der Waals surface area (Å²) in [6.07, 6.45) is 6.24. The fourth-order valence-electron chi connectivity index (χ4n) is 4.26. The summed E-state index contributed by atoms with van der Waals surface area (Å²) in [7, 11) is 1.68. The van der Waals surface area contributed by atoms with Crippen LogP contribution in [-0.4, -0.2) is 34.3 Å². The van der Waals surface area contributed by atoms with E-state index in [1.165, 1.54) is 32.1 Å². The third-order valence-corrected chi connectivity index (χ3v) is 5.97. The lowest BCUT2D eigenvalue weighted by atomic mass is 9.94. The van der Waals surface area contributed by atoms with Crippen LogP contribution in [0.4, 0.5) is 11.6 Å². The van der Waals surface area contributed by atoms with Gasteiger partial charge >= 0.3 is 0 Å². The van der Waals surface area contributed by atoms with E-state index in [2.05, 4.69) is 9.80 Å². The quantitative estimate of drug-likeness (QED) is 0.829. The Morgan fingerprint density at radius 2 is 1.81 bits per heavy atom. The molecule has 0 unspecified atom stereocenters. The Hall–Kier alpha value is -2.34. The van der Waals surface area contributed by atoms with Crippen molar-refractivity contribution in [1.82, 2.24) is 14.5 Å². The van der Waals surface area contributed by atoms with E-state index in [-0.39, 0.29) is 5.56 Å². The standard InChI is InChI=1S/C21H28N4O2/c1-15-16(2)22-21-24(18-11-7-8-12-19(18)27-3)13-23(14-25(21)20(15)26)17-9-5-4-6-10-17/h7-8,11-12,17H,4-6,9-10,13-14H2,1-3H3. The molecular weight excluding hydrogens is 340 g/mol. The Balaban J connectivity index is 1.83. The zero-order valence-electron chi connectivity index (χ0n) is 16.4. The lowest BCUT2D eigenvalue weighted by Crippen LogP contribution is -2.51. The third kappa shape index (κ3) is 3.23. The highest BCUT2D eigenvalue weighted by Crippen LogP contribution is 2.36. The second kappa shape index (κ2) is 7.35. The van der Waals surface area contributed by atoms with Crippen LogP contribution in [0.25, 0.3) is 0 Å². The molecule has 0 saturated heterocycles. The molecule has 0 radical (unpaired) electrons. The Bertz CT molecular complexity index is 886. The highest BCUT2D eigenvalue weighted by Gasteiger charge is 2.32. The van der Waals surface area contributed by atoms with Gasteiger partial charge in [-0.2, -0.15) is 0 Å². The maximum atomic E-state index is 13.0. The summed E-state index contributed by atoms with van der Waals surface area (Å²) < 4.78 is 7.43. The number of rotatable bonds is 3. The Morgan fingerprint density at radius 3 is 2.56 bits per heavy atom. The number of benzene rings is 1. The third-order valence-electron chi connectivity index (χ3n) is 5.97. The first-order chi connectivity index (χ1) is 13.1. The number of ether oxygens (including phenoxy) is 1. The molecule has 144 valence electrons. The SMILES string of the molecule is COc1ccccc1N1CN(C2CCCCC2)Cn2c1nc(C)c(C)c2=O. The van der Waals surface area contributed by atoms with Crippen LogP contribution in [0.2, 0.25) is 0 Å². The van der Waals surface area contributed by atoms with E-state index in [1.54, 1.807) is 7.11 Å². The normalized spacial score (nSPS) is 18.4. The number of para-hydroxylation sites is 2. The van der Waals surface area contributed by atoms with E-state index >= 15 is 0 Å². The fraction of sp³-hybridized carbons (Fsp3) is 0.524. The predicted octanol–water partition coefficient (Wildman–Crippen LogP) is 3.57. The van der Waals surface area contributed by atoms with Crippen LogP contribution in [0, 0.1) is 13.8 Å². The average Bonchev–Trinajstić information content (AvgIpc) is 2.72. The lowest BCUT2D eigenvalue weighted by molar-refractivity contribution is 0.107. The van der Waals surface area contributed by atoms with Crippen molar-refractivity contribution in [1.29, 1.82) is 0 Å². The number of aromatic nitrogens is 2. The van der Waals surface area contributed by atoms with Gasteiger partial charge in [-0.3, -0.25) is 19.2 Å². The van der Waals surface area contributed by atoms with Crippen molar-refractivity contribution >= 4 is 11.6 Å². The maximum Gasteiger partial charge on any atom is 0.259 e. The minimum Gasteiger partial charge on any atom is -0.495 e. The molecule has 1 aromatic heterocycles. The highest BCUT2D eigenvalue weighted by atomic mass is 16.5. The molecule has 2 aromatic rings. The summed E-state index contributed by atoms with van der Waals surface area (Å²) in [6, 6.07) is 8.47. The number of hydrogen-bond donors (Lipinski definition) is 0. The van der Waals surface area contributed by atoms with E-state index in [0.29, 0.717) is 18.7 Å². The Labute approximate surface area is 160 Å². The molecule has 6 nitrogen and oxygen atoms in total. The number of methoxy groups -OCH3 is 1. The number of nitrogens with zero attached hydrogens (tertiary/aromatic N) is 4. The molecule has 2 aliphatic rings. The zero-order chi connectivity index (χ0) is 19.0. The van der Waals surface area contributed by atoms with Gasteiger partial charge in [-0.25, -0.2) is 4.98 Å². The molecule has 1 fully saturated rings. The highest BCUT2D eigenvalue weighted by molar-refractivity contribution is 5.66. The molecule has 2 heterocycles. The average molecular weight is 368 g/mol. The van der Waals surface area contributed by atoms with Gasteiger partial charge in [-0.15, -0.1) is 0 Å². The van der Waals surface area contributed by atoms with Gasteiger partial charge in [-0.05, 0) is 38.8 Å². The first-order valence-electron chi connectivity index (χ1n) is 9.83. The van der Waals surface area contributed by atoms with E-state index in [4.69, 9.17) is 9.72 Å². The molecule has 1 aliphatic carbocycles. The predicted molar refractivity (Wildman–Crippen MR) is 107 cm³/mol. The van der Waals surface area contributed by atoms with E-state index in [9.17, 15) is 4.79 Å². The first-order valence-corrected chi connectivity index (χ1v) is 9.83. The monoisotopic (exact) mass is 368 g/mol.